The van der Waals surface area contributed by atoms with Gasteiger partial charge in [0.25, 0.3) is 0 Å². The quantitative estimate of drug-likeness (QED) is 0.143. The molecule has 11 rings (SSSR count). The second-order valence-corrected chi connectivity index (χ2v) is 17.1. The summed E-state index contributed by atoms with van der Waals surface area (Å²) in [4.78, 5) is 15.2. The molecule has 0 N–H and O–H groups in total. The minimum atomic E-state index is 0.346. The molecule has 0 aliphatic carbocycles. The van der Waals surface area contributed by atoms with Crippen molar-refractivity contribution in [2.45, 2.75) is 0 Å². The van der Waals surface area contributed by atoms with Gasteiger partial charge in [-0.1, -0.05) is 109 Å². The maximum Gasteiger partial charge on any atom is 0.164 e. The molecule has 0 aliphatic rings. The SMILES string of the molecule is N#Cc1cccc(-c2cc(-c3nc(-c4ccccc4)nc(-c4ccccc4)n3)cc(-c3cccc(C#N)c3)c2-n2c3ccc(-c4ccc(C#N)cc4C#N)cc3c3cc(-c4ccc(C#N)cc4C#N)ccc32)c1. The van der Waals surface area contributed by atoms with Gasteiger partial charge in [0.15, 0.2) is 17.5 Å². The first-order valence-electron chi connectivity index (χ1n) is 22.9. The number of nitriles is 6. The lowest BCUT2D eigenvalue weighted by Crippen LogP contribution is -2.04. The number of benzene rings is 9. The van der Waals surface area contributed by atoms with E-state index < -0.39 is 0 Å². The molecule has 2 heterocycles. The molecule has 0 bridgehead atoms. The number of fused-ring (bicyclic) bond motifs is 3. The van der Waals surface area contributed by atoms with E-state index in [9.17, 15) is 31.6 Å². The Balaban J connectivity index is 1.28. The van der Waals surface area contributed by atoms with Gasteiger partial charge < -0.3 is 4.57 Å². The van der Waals surface area contributed by atoms with Crippen molar-refractivity contribution < 1.29 is 0 Å². The van der Waals surface area contributed by atoms with Crippen molar-refractivity contribution in [3.8, 4) is 121 Å². The predicted molar refractivity (Wildman–Crippen MR) is 281 cm³/mol. The summed E-state index contributed by atoms with van der Waals surface area (Å²) < 4.78 is 2.18. The topological polar surface area (TPSA) is 186 Å². The van der Waals surface area contributed by atoms with Crippen LogP contribution in [-0.2, 0) is 0 Å². The van der Waals surface area contributed by atoms with Gasteiger partial charge in [-0.25, -0.2) is 15.0 Å². The van der Waals surface area contributed by atoms with Gasteiger partial charge in [-0.15, -0.1) is 0 Å². The molecule has 10 heteroatoms. The Morgan fingerprint density at radius 2 is 0.671 bits per heavy atom. The lowest BCUT2D eigenvalue weighted by Gasteiger charge is -2.21. The van der Waals surface area contributed by atoms with Crippen LogP contribution in [0.25, 0.3) is 106 Å². The predicted octanol–water partition coefficient (Wildman–Crippen LogP) is 13.9. The summed E-state index contributed by atoms with van der Waals surface area (Å²) in [7, 11) is 0. The van der Waals surface area contributed by atoms with Gasteiger partial charge in [0.2, 0.25) is 0 Å². The highest BCUT2D eigenvalue weighted by atomic mass is 15.0. The van der Waals surface area contributed by atoms with E-state index >= 15 is 0 Å². The van der Waals surface area contributed by atoms with Gasteiger partial charge in [0, 0.05) is 38.6 Å². The van der Waals surface area contributed by atoms with E-state index in [0.29, 0.717) is 67.5 Å². The fourth-order valence-electron chi connectivity index (χ4n) is 9.41. The minimum absolute atomic E-state index is 0.346. The monoisotopic (exact) mass is 928 g/mol. The average Bonchev–Trinajstić information content (AvgIpc) is 3.79. The molecular weight excluding hydrogens is 897 g/mol. The Kier molecular flexibility index (Phi) is 11.3. The average molecular weight is 929 g/mol. The number of rotatable bonds is 8. The second-order valence-electron chi connectivity index (χ2n) is 17.1. The summed E-state index contributed by atoms with van der Waals surface area (Å²) in [5.41, 5.74) is 12.5. The molecule has 0 atom stereocenters. The van der Waals surface area contributed by atoms with Gasteiger partial charge in [-0.05, 0) is 118 Å². The Hall–Kier alpha value is -11.3. The zero-order valence-electron chi connectivity index (χ0n) is 38.4. The zero-order valence-corrected chi connectivity index (χ0v) is 38.4. The molecule has 0 unspecified atom stereocenters. The van der Waals surface area contributed by atoms with Gasteiger partial charge in [-0.3, -0.25) is 0 Å². The lowest BCUT2D eigenvalue weighted by molar-refractivity contribution is 1.07. The van der Waals surface area contributed by atoms with E-state index in [-0.39, 0.29) is 0 Å². The van der Waals surface area contributed by atoms with Crippen molar-refractivity contribution in [2.75, 3.05) is 0 Å². The van der Waals surface area contributed by atoms with Crippen LogP contribution < -0.4 is 0 Å². The van der Waals surface area contributed by atoms with E-state index in [0.717, 1.165) is 72.0 Å². The molecule has 11 aromatic rings. The van der Waals surface area contributed by atoms with Crippen molar-refractivity contribution in [2.24, 2.45) is 0 Å². The molecule has 0 saturated carbocycles. The Labute approximate surface area is 419 Å². The van der Waals surface area contributed by atoms with Crippen LogP contribution in [0.5, 0.6) is 0 Å². The summed E-state index contributed by atoms with van der Waals surface area (Å²) in [5, 5.41) is 62.4. The van der Waals surface area contributed by atoms with Gasteiger partial charge in [-0.2, -0.15) is 31.6 Å². The highest BCUT2D eigenvalue weighted by molar-refractivity contribution is 6.13. The van der Waals surface area contributed by atoms with Crippen LogP contribution in [-0.4, -0.2) is 19.5 Å². The highest BCUT2D eigenvalue weighted by Gasteiger charge is 2.25. The smallest absolute Gasteiger partial charge is 0.164 e. The molecule has 0 aliphatic heterocycles. The van der Waals surface area contributed by atoms with Crippen LogP contribution in [0, 0.1) is 68.0 Å². The third kappa shape index (κ3) is 8.11. The van der Waals surface area contributed by atoms with Crippen LogP contribution in [0.2, 0.25) is 0 Å². The maximum absolute atomic E-state index is 10.3. The molecule has 0 fully saturated rings. The molecule has 9 aromatic carbocycles. The Bertz CT molecular complexity index is 4070. The van der Waals surface area contributed by atoms with E-state index in [1.807, 2.05) is 146 Å². The lowest BCUT2D eigenvalue weighted by atomic mass is 9.91. The standard InChI is InChI=1S/C63H32N10/c64-33-39-9-7-15-45(25-39)54-31-49(63-71-61(43-11-3-1-4-12-43)70-62(72-63)44-13-5-2-6-14-44)32-55(46-16-8-10-40(26-46)34-65)60(54)73-58-23-19-47(52-21-17-41(35-66)27-50(52)37-68)29-56(58)57-30-48(20-24-59(57)73)53-22-18-42(36-67)28-51(53)38-69/h1-32H. The van der Waals surface area contributed by atoms with E-state index in [2.05, 4.69) is 41.0 Å². The zero-order chi connectivity index (χ0) is 50.0. The fourth-order valence-corrected chi connectivity index (χ4v) is 9.41. The summed E-state index contributed by atoms with van der Waals surface area (Å²) in [6.07, 6.45) is 0. The molecular formula is C63H32N10. The number of nitrogens with zero attached hydrogens (tertiary/aromatic N) is 10. The van der Waals surface area contributed by atoms with Crippen molar-refractivity contribution in [3.63, 3.8) is 0 Å². The van der Waals surface area contributed by atoms with Crippen molar-refractivity contribution in [3.05, 3.63) is 228 Å². The second kappa shape index (κ2) is 18.7. The van der Waals surface area contributed by atoms with Crippen molar-refractivity contribution in [1.82, 2.24) is 19.5 Å². The Morgan fingerprint density at radius 3 is 1.08 bits per heavy atom. The molecule has 334 valence electrons. The molecule has 0 amide bonds. The Morgan fingerprint density at radius 1 is 0.288 bits per heavy atom. The van der Waals surface area contributed by atoms with Crippen LogP contribution >= 0.6 is 0 Å². The highest BCUT2D eigenvalue weighted by Crippen LogP contribution is 2.46. The number of hydrogen-bond acceptors (Lipinski definition) is 9. The summed E-state index contributed by atoms with van der Waals surface area (Å²) in [6.45, 7) is 0. The molecule has 73 heavy (non-hydrogen) atoms. The van der Waals surface area contributed by atoms with Gasteiger partial charge in [0.05, 0.1) is 86.5 Å². The van der Waals surface area contributed by atoms with Crippen molar-refractivity contribution in [1.29, 1.82) is 31.6 Å². The summed E-state index contributed by atoms with van der Waals surface area (Å²) in [5.74, 6) is 1.36. The molecule has 0 radical (unpaired) electrons. The van der Waals surface area contributed by atoms with E-state index in [1.165, 1.54) is 0 Å². The summed E-state index contributed by atoms with van der Waals surface area (Å²) >= 11 is 0. The fraction of sp³-hybridized carbons (Fsp3) is 0. The van der Waals surface area contributed by atoms with Crippen LogP contribution in [0.15, 0.2) is 194 Å². The summed E-state index contributed by atoms with van der Waals surface area (Å²) in [6, 6.07) is 74.0. The van der Waals surface area contributed by atoms with Crippen molar-refractivity contribution >= 4 is 21.8 Å². The largest absolute Gasteiger partial charge is 0.308 e. The van der Waals surface area contributed by atoms with Crippen LogP contribution in [0.4, 0.5) is 0 Å². The van der Waals surface area contributed by atoms with Crippen LogP contribution in [0.1, 0.15) is 33.4 Å². The molecule has 10 nitrogen and oxygen atoms in total. The van der Waals surface area contributed by atoms with Gasteiger partial charge in [0.1, 0.15) is 0 Å². The van der Waals surface area contributed by atoms with E-state index in [1.54, 1.807) is 48.5 Å². The van der Waals surface area contributed by atoms with E-state index in [4.69, 9.17) is 15.0 Å². The minimum Gasteiger partial charge on any atom is -0.308 e. The first-order valence-corrected chi connectivity index (χ1v) is 22.9. The first kappa shape index (κ1) is 44.2. The number of aromatic nitrogens is 4. The third-order valence-corrected chi connectivity index (χ3v) is 12.8. The third-order valence-electron chi connectivity index (χ3n) is 12.8. The van der Waals surface area contributed by atoms with Crippen LogP contribution in [0.3, 0.4) is 0 Å². The normalized spacial score (nSPS) is 10.7. The molecule has 0 saturated heterocycles. The maximum atomic E-state index is 10.3. The van der Waals surface area contributed by atoms with Gasteiger partial charge >= 0.3 is 0 Å². The molecule has 2 aromatic heterocycles. The number of hydrogen-bond donors (Lipinski definition) is 0. The molecule has 0 spiro atoms. The first-order chi connectivity index (χ1) is 35.9.